The fourth-order valence-corrected chi connectivity index (χ4v) is 6.78. The molecule has 10 heteroatoms. The lowest BCUT2D eigenvalue weighted by Crippen LogP contribution is -2.66. The van der Waals surface area contributed by atoms with Crippen molar-refractivity contribution in [1.29, 1.82) is 0 Å². The van der Waals surface area contributed by atoms with Crippen LogP contribution in [0.2, 0.25) is 0 Å². The summed E-state index contributed by atoms with van der Waals surface area (Å²) in [6.07, 6.45) is 1.49. The molecule has 2 amide bonds. The van der Waals surface area contributed by atoms with Crippen molar-refractivity contribution in [2.75, 3.05) is 40.0 Å². The van der Waals surface area contributed by atoms with E-state index < -0.39 is 35.2 Å². The molecule has 2 saturated heterocycles. The van der Waals surface area contributed by atoms with Gasteiger partial charge in [-0.2, -0.15) is 0 Å². The molecule has 2 aliphatic rings. The Morgan fingerprint density at radius 2 is 1.70 bits per heavy atom. The molecule has 0 saturated carbocycles. The zero-order valence-corrected chi connectivity index (χ0v) is 25.3. The second-order valence-electron chi connectivity index (χ2n) is 12.6. The van der Waals surface area contributed by atoms with Crippen molar-refractivity contribution in [2.24, 2.45) is 5.41 Å². The lowest BCUT2D eigenvalue weighted by atomic mass is 9.77. The minimum atomic E-state index is -1.21. The summed E-state index contributed by atoms with van der Waals surface area (Å²) >= 11 is 0. The number of methoxy groups -OCH3 is 1. The lowest BCUT2D eigenvalue weighted by molar-refractivity contribution is -0.134. The van der Waals surface area contributed by atoms with Gasteiger partial charge in [-0.25, -0.2) is 9.78 Å². The van der Waals surface area contributed by atoms with Crippen molar-refractivity contribution in [1.82, 2.24) is 19.4 Å². The van der Waals surface area contributed by atoms with Gasteiger partial charge >= 0.3 is 6.09 Å². The van der Waals surface area contributed by atoms with Crippen LogP contribution < -0.4 is 0 Å². The highest BCUT2D eigenvalue weighted by Gasteiger charge is 2.48. The van der Waals surface area contributed by atoms with Gasteiger partial charge in [0.1, 0.15) is 5.60 Å². The Labute approximate surface area is 252 Å². The maximum atomic E-state index is 14.7. The summed E-state index contributed by atoms with van der Waals surface area (Å²) in [5, 5.41) is 21.8. The monoisotopic (exact) mass is 590 g/mol. The van der Waals surface area contributed by atoms with Gasteiger partial charge < -0.3 is 34.1 Å². The molecule has 3 heterocycles. The van der Waals surface area contributed by atoms with Crippen molar-refractivity contribution >= 4 is 12.0 Å². The third-order valence-corrected chi connectivity index (χ3v) is 8.71. The fourth-order valence-electron chi connectivity index (χ4n) is 6.78. The van der Waals surface area contributed by atoms with Gasteiger partial charge in [0.2, 0.25) is 0 Å². The predicted molar refractivity (Wildman–Crippen MR) is 162 cm³/mol. The topological polar surface area (TPSA) is 117 Å². The number of aromatic nitrogens is 2. The number of carbonyl (C=O) groups is 2. The predicted octanol–water partition coefficient (Wildman–Crippen LogP) is 4.35. The number of nitrogens with zero attached hydrogens (tertiary/aromatic N) is 4. The summed E-state index contributed by atoms with van der Waals surface area (Å²) in [4.78, 5) is 35.1. The van der Waals surface area contributed by atoms with E-state index in [2.05, 4.69) is 4.98 Å². The molecule has 0 bridgehead atoms. The molecule has 2 aliphatic heterocycles. The molecule has 4 atom stereocenters. The maximum Gasteiger partial charge on any atom is 0.407 e. The Morgan fingerprint density at radius 1 is 1.05 bits per heavy atom. The van der Waals surface area contributed by atoms with E-state index in [-0.39, 0.29) is 37.9 Å². The SMILES string of the molecule is COCC1(O)CCOCC1n1cnc(C(=O)N2CCN(C(=O)O)C(C(C)(C)C)[C@H]2Cc2ccccc2)c1-c1ccccc1. The number of carbonyl (C=O) groups excluding carboxylic acids is 1. The number of imidazole rings is 1. The van der Waals surface area contributed by atoms with Crippen LogP contribution in [0.3, 0.4) is 0 Å². The van der Waals surface area contributed by atoms with Crippen LogP contribution in [-0.2, 0) is 15.9 Å². The summed E-state index contributed by atoms with van der Waals surface area (Å²) in [6.45, 7) is 7.23. The standard InChI is InChI=1S/C33H42N4O6/c1-32(2,3)29-25(19-23-11-7-5-8-12-23)35(16-17-36(29)31(39)40)30(38)27-28(24-13-9-6-10-14-24)37(22-34-27)26-20-43-18-15-33(26,41)21-42-4/h5-14,22,25-26,29,41H,15-21H2,1-4H3,(H,39,40)/t25-,26?,29?,33?/m1/s1. The van der Waals surface area contributed by atoms with Crippen LogP contribution in [0, 0.1) is 5.41 Å². The second-order valence-corrected chi connectivity index (χ2v) is 12.6. The van der Waals surface area contributed by atoms with E-state index >= 15 is 0 Å². The van der Waals surface area contributed by atoms with Crippen LogP contribution in [0.4, 0.5) is 4.79 Å². The lowest BCUT2D eigenvalue weighted by Gasteiger charge is -2.51. The number of amides is 2. The molecule has 3 unspecified atom stereocenters. The van der Waals surface area contributed by atoms with Gasteiger partial charge in [0, 0.05) is 38.8 Å². The van der Waals surface area contributed by atoms with Gasteiger partial charge in [0.25, 0.3) is 5.91 Å². The van der Waals surface area contributed by atoms with Gasteiger partial charge in [-0.15, -0.1) is 0 Å². The molecule has 2 aromatic carbocycles. The Hall–Kier alpha value is -3.73. The number of rotatable bonds is 7. The average Bonchev–Trinajstić information content (AvgIpc) is 3.42. The minimum Gasteiger partial charge on any atom is -0.465 e. The third-order valence-electron chi connectivity index (χ3n) is 8.71. The van der Waals surface area contributed by atoms with Gasteiger partial charge in [0.15, 0.2) is 5.69 Å². The Kier molecular flexibility index (Phi) is 8.91. The number of piperazine rings is 1. The third kappa shape index (κ3) is 6.18. The number of ether oxygens (including phenoxy) is 2. The molecule has 5 rings (SSSR count). The van der Waals surface area contributed by atoms with Crippen LogP contribution >= 0.6 is 0 Å². The molecule has 2 fully saturated rings. The van der Waals surface area contributed by atoms with E-state index in [1.54, 1.807) is 18.3 Å². The van der Waals surface area contributed by atoms with E-state index in [9.17, 15) is 19.8 Å². The smallest absolute Gasteiger partial charge is 0.407 e. The molecule has 0 spiro atoms. The number of hydrogen-bond acceptors (Lipinski definition) is 6. The van der Waals surface area contributed by atoms with Crippen LogP contribution in [0.15, 0.2) is 67.0 Å². The minimum absolute atomic E-state index is 0.111. The summed E-state index contributed by atoms with van der Waals surface area (Å²) in [5.74, 6) is -0.273. The molecule has 1 aromatic heterocycles. The first-order valence-corrected chi connectivity index (χ1v) is 14.8. The average molecular weight is 591 g/mol. The van der Waals surface area contributed by atoms with Crippen LogP contribution in [0.5, 0.6) is 0 Å². The van der Waals surface area contributed by atoms with Gasteiger partial charge in [-0.1, -0.05) is 81.4 Å². The van der Waals surface area contributed by atoms with Crippen molar-refractivity contribution < 1.29 is 29.3 Å². The van der Waals surface area contributed by atoms with Crippen LogP contribution in [0.1, 0.15) is 49.3 Å². The zero-order valence-electron chi connectivity index (χ0n) is 25.3. The van der Waals surface area contributed by atoms with E-state index in [0.717, 1.165) is 11.1 Å². The molecular weight excluding hydrogens is 548 g/mol. The Morgan fingerprint density at radius 3 is 2.33 bits per heavy atom. The molecule has 2 N–H and O–H groups in total. The molecule has 0 radical (unpaired) electrons. The van der Waals surface area contributed by atoms with E-state index in [4.69, 9.17) is 9.47 Å². The quantitative estimate of drug-likeness (QED) is 0.420. The van der Waals surface area contributed by atoms with Gasteiger partial charge in [-0.05, 0) is 17.4 Å². The van der Waals surface area contributed by atoms with E-state index in [1.807, 2.05) is 86.0 Å². The normalized spacial score (nSPS) is 24.6. The summed E-state index contributed by atoms with van der Waals surface area (Å²) in [6, 6.07) is 18.0. The highest BCUT2D eigenvalue weighted by atomic mass is 16.5. The molecule has 3 aromatic rings. The Balaban J connectivity index is 1.62. The van der Waals surface area contributed by atoms with Crippen molar-refractivity contribution in [3.05, 3.63) is 78.2 Å². The van der Waals surface area contributed by atoms with Gasteiger partial charge in [-0.3, -0.25) is 4.79 Å². The summed E-state index contributed by atoms with van der Waals surface area (Å²) in [5.41, 5.74) is 0.981. The van der Waals surface area contributed by atoms with Crippen LogP contribution in [-0.4, -0.2) is 99.3 Å². The maximum absolute atomic E-state index is 14.7. The van der Waals surface area contributed by atoms with Gasteiger partial charge in [0.05, 0.1) is 43.4 Å². The Bertz CT molecular complexity index is 1400. The molecule has 0 aliphatic carbocycles. The fraction of sp³-hybridized carbons (Fsp3) is 0.485. The van der Waals surface area contributed by atoms with E-state index in [1.165, 1.54) is 4.90 Å². The first-order chi connectivity index (χ1) is 20.5. The number of carboxylic acid groups (broad SMARTS) is 1. The summed E-state index contributed by atoms with van der Waals surface area (Å²) < 4.78 is 13.1. The largest absolute Gasteiger partial charge is 0.465 e. The molecule has 230 valence electrons. The second kappa shape index (κ2) is 12.5. The highest BCUT2D eigenvalue weighted by Crippen LogP contribution is 2.38. The molecular formula is C33H42N4O6. The first kappa shape index (κ1) is 30.7. The zero-order chi connectivity index (χ0) is 30.8. The number of hydrogen-bond donors (Lipinski definition) is 2. The molecule has 43 heavy (non-hydrogen) atoms. The number of benzene rings is 2. The van der Waals surface area contributed by atoms with Crippen molar-refractivity contribution in [3.8, 4) is 11.3 Å². The number of aliphatic hydroxyl groups is 1. The molecule has 10 nitrogen and oxygen atoms in total. The van der Waals surface area contributed by atoms with Crippen molar-refractivity contribution in [2.45, 2.75) is 57.3 Å². The summed E-state index contributed by atoms with van der Waals surface area (Å²) in [7, 11) is 1.56. The van der Waals surface area contributed by atoms with Crippen LogP contribution in [0.25, 0.3) is 11.3 Å². The highest BCUT2D eigenvalue weighted by molar-refractivity contribution is 5.98. The van der Waals surface area contributed by atoms with E-state index in [0.29, 0.717) is 25.1 Å². The first-order valence-electron chi connectivity index (χ1n) is 14.8. The van der Waals surface area contributed by atoms with Crippen molar-refractivity contribution in [3.63, 3.8) is 0 Å².